The SMILES string of the molecule is CCNC(=NCCCN1C(=O)NC(C)(CC)C1=O)NC1CCN(CC(F)(F)F)C1. The van der Waals surface area contributed by atoms with Crippen molar-refractivity contribution in [3.8, 4) is 0 Å². The molecule has 8 nitrogen and oxygen atoms in total. The second-order valence-corrected chi connectivity index (χ2v) is 7.67. The van der Waals surface area contributed by atoms with Gasteiger partial charge in [-0.05, 0) is 33.1 Å². The van der Waals surface area contributed by atoms with Crippen molar-refractivity contribution in [2.45, 2.75) is 57.8 Å². The summed E-state index contributed by atoms with van der Waals surface area (Å²) in [4.78, 5) is 31.4. The molecule has 11 heteroatoms. The van der Waals surface area contributed by atoms with Crippen LogP contribution in [0.25, 0.3) is 0 Å². The van der Waals surface area contributed by atoms with Gasteiger partial charge in [-0.3, -0.25) is 19.6 Å². The van der Waals surface area contributed by atoms with Crippen molar-refractivity contribution >= 4 is 17.9 Å². The molecule has 0 spiro atoms. The highest BCUT2D eigenvalue weighted by Crippen LogP contribution is 2.21. The van der Waals surface area contributed by atoms with Crippen molar-refractivity contribution in [3.05, 3.63) is 0 Å². The number of guanidine groups is 1. The van der Waals surface area contributed by atoms with Crippen LogP contribution >= 0.6 is 0 Å². The molecule has 29 heavy (non-hydrogen) atoms. The average Bonchev–Trinajstić information content (AvgIpc) is 3.13. The Morgan fingerprint density at radius 3 is 2.66 bits per heavy atom. The Kier molecular flexibility index (Phi) is 7.73. The van der Waals surface area contributed by atoms with Crippen molar-refractivity contribution in [1.29, 1.82) is 0 Å². The van der Waals surface area contributed by atoms with Crippen molar-refractivity contribution < 1.29 is 22.8 Å². The zero-order valence-corrected chi connectivity index (χ0v) is 17.2. The predicted octanol–water partition coefficient (Wildman–Crippen LogP) is 1.29. The second-order valence-electron chi connectivity index (χ2n) is 7.67. The Balaban J connectivity index is 1.81. The zero-order valence-electron chi connectivity index (χ0n) is 17.2. The van der Waals surface area contributed by atoms with Crippen LogP contribution in [0.2, 0.25) is 0 Å². The summed E-state index contributed by atoms with van der Waals surface area (Å²) in [7, 11) is 0. The largest absolute Gasteiger partial charge is 0.401 e. The number of aliphatic imine (C=N–C) groups is 1. The molecule has 0 saturated carbocycles. The quantitative estimate of drug-likeness (QED) is 0.238. The molecule has 2 heterocycles. The summed E-state index contributed by atoms with van der Waals surface area (Å²) in [5.74, 6) is 0.302. The number of imide groups is 1. The van der Waals surface area contributed by atoms with Gasteiger partial charge in [0, 0.05) is 38.8 Å². The van der Waals surface area contributed by atoms with E-state index in [1.807, 2.05) is 13.8 Å². The van der Waals surface area contributed by atoms with Crippen molar-refractivity contribution in [2.24, 2.45) is 4.99 Å². The first-order valence-corrected chi connectivity index (χ1v) is 10.1. The van der Waals surface area contributed by atoms with Crippen LogP contribution in [-0.2, 0) is 4.79 Å². The number of carbonyl (C=O) groups is 2. The molecular formula is C18H31F3N6O2. The van der Waals surface area contributed by atoms with Crippen LogP contribution in [0.5, 0.6) is 0 Å². The van der Waals surface area contributed by atoms with E-state index >= 15 is 0 Å². The van der Waals surface area contributed by atoms with Gasteiger partial charge in [0.25, 0.3) is 5.91 Å². The lowest BCUT2D eigenvalue weighted by atomic mass is 9.99. The van der Waals surface area contributed by atoms with E-state index in [1.165, 1.54) is 9.80 Å². The summed E-state index contributed by atoms with van der Waals surface area (Å²) in [5.41, 5.74) is -0.846. The number of carbonyl (C=O) groups excluding carboxylic acids is 2. The van der Waals surface area contributed by atoms with Gasteiger partial charge in [0.1, 0.15) is 5.54 Å². The van der Waals surface area contributed by atoms with E-state index < -0.39 is 18.3 Å². The summed E-state index contributed by atoms with van der Waals surface area (Å²) in [6.45, 7) is 6.53. The molecule has 2 atom stereocenters. The molecule has 3 amide bonds. The number of urea groups is 1. The van der Waals surface area contributed by atoms with Gasteiger partial charge >= 0.3 is 12.2 Å². The highest BCUT2D eigenvalue weighted by atomic mass is 19.4. The van der Waals surface area contributed by atoms with E-state index in [9.17, 15) is 22.8 Å². The normalized spacial score (nSPS) is 26.2. The molecule has 166 valence electrons. The maximum absolute atomic E-state index is 12.5. The van der Waals surface area contributed by atoms with E-state index in [2.05, 4.69) is 20.9 Å². The van der Waals surface area contributed by atoms with Crippen LogP contribution in [0.15, 0.2) is 4.99 Å². The van der Waals surface area contributed by atoms with Gasteiger partial charge < -0.3 is 16.0 Å². The third kappa shape index (κ3) is 6.48. The zero-order chi connectivity index (χ0) is 21.7. The van der Waals surface area contributed by atoms with Gasteiger partial charge in [-0.15, -0.1) is 0 Å². The molecule has 2 saturated heterocycles. The third-order valence-electron chi connectivity index (χ3n) is 5.22. The molecule has 0 aliphatic carbocycles. The number of halogens is 3. The molecular weight excluding hydrogens is 389 g/mol. The molecule has 2 aliphatic rings. The lowest BCUT2D eigenvalue weighted by molar-refractivity contribution is -0.143. The van der Waals surface area contributed by atoms with E-state index in [0.29, 0.717) is 51.4 Å². The maximum atomic E-state index is 12.5. The summed E-state index contributed by atoms with van der Waals surface area (Å²) >= 11 is 0. The number of nitrogens with zero attached hydrogens (tertiary/aromatic N) is 3. The molecule has 2 rings (SSSR count). The number of amides is 3. The van der Waals surface area contributed by atoms with Gasteiger partial charge in [-0.2, -0.15) is 13.2 Å². The molecule has 0 aromatic carbocycles. The first-order chi connectivity index (χ1) is 13.6. The molecule has 0 aromatic rings. The Labute approximate surface area is 169 Å². The number of hydrogen-bond acceptors (Lipinski definition) is 4. The average molecular weight is 420 g/mol. The molecule has 0 radical (unpaired) electrons. The standard InChI is InChI=1S/C18H31F3N6O2/c1-4-17(3)14(28)27(16(29)25-17)9-6-8-23-15(22-5-2)24-13-7-10-26(11-13)12-18(19,20)21/h13H,4-12H2,1-3H3,(H,25,29)(H2,22,23,24). The van der Waals surface area contributed by atoms with Crippen LogP contribution in [0.4, 0.5) is 18.0 Å². The fraction of sp³-hybridized carbons (Fsp3) is 0.833. The first-order valence-electron chi connectivity index (χ1n) is 10.1. The third-order valence-corrected chi connectivity index (χ3v) is 5.22. The number of alkyl halides is 3. The second kappa shape index (κ2) is 9.64. The maximum Gasteiger partial charge on any atom is 0.401 e. The smallest absolute Gasteiger partial charge is 0.357 e. The summed E-state index contributed by atoms with van der Waals surface area (Å²) in [6, 6.07) is -0.490. The highest BCUT2D eigenvalue weighted by Gasteiger charge is 2.45. The molecule has 2 fully saturated rings. The minimum absolute atomic E-state index is 0.105. The molecule has 2 aliphatic heterocycles. The number of rotatable bonds is 8. The van der Waals surface area contributed by atoms with E-state index in [0.717, 1.165) is 0 Å². The van der Waals surface area contributed by atoms with E-state index in [-0.39, 0.29) is 24.5 Å². The van der Waals surface area contributed by atoms with Crippen molar-refractivity contribution in [2.75, 3.05) is 39.3 Å². The van der Waals surface area contributed by atoms with Gasteiger partial charge in [-0.1, -0.05) is 6.92 Å². The summed E-state index contributed by atoms with van der Waals surface area (Å²) in [5, 5.41) is 8.96. The Hall–Kier alpha value is -2.04. The van der Waals surface area contributed by atoms with E-state index in [1.54, 1.807) is 6.92 Å². The van der Waals surface area contributed by atoms with E-state index in [4.69, 9.17) is 0 Å². The lowest BCUT2D eigenvalue weighted by Crippen LogP contribution is -2.45. The summed E-state index contributed by atoms with van der Waals surface area (Å²) in [6.07, 6.45) is -2.56. The van der Waals surface area contributed by atoms with Crippen LogP contribution in [0, 0.1) is 0 Å². The number of likely N-dealkylation sites (tertiary alicyclic amines) is 1. The Morgan fingerprint density at radius 1 is 1.34 bits per heavy atom. The molecule has 3 N–H and O–H groups in total. The van der Waals surface area contributed by atoms with Gasteiger partial charge in [0.2, 0.25) is 0 Å². The Bertz CT molecular complexity index is 627. The molecule has 2 unspecified atom stereocenters. The van der Waals surface area contributed by atoms with Crippen LogP contribution in [-0.4, -0.2) is 84.7 Å². The fourth-order valence-electron chi connectivity index (χ4n) is 3.47. The Morgan fingerprint density at radius 2 is 2.07 bits per heavy atom. The first kappa shape index (κ1) is 23.2. The lowest BCUT2D eigenvalue weighted by Gasteiger charge is -2.20. The van der Waals surface area contributed by atoms with Crippen molar-refractivity contribution in [3.63, 3.8) is 0 Å². The van der Waals surface area contributed by atoms with Gasteiger partial charge in [0.15, 0.2) is 5.96 Å². The molecule has 0 aromatic heterocycles. The van der Waals surface area contributed by atoms with Crippen molar-refractivity contribution in [1.82, 2.24) is 25.8 Å². The van der Waals surface area contributed by atoms with Gasteiger partial charge in [-0.25, -0.2) is 4.79 Å². The van der Waals surface area contributed by atoms with Crippen LogP contribution in [0.3, 0.4) is 0 Å². The monoisotopic (exact) mass is 420 g/mol. The van der Waals surface area contributed by atoms with Crippen LogP contribution < -0.4 is 16.0 Å². The number of nitrogens with one attached hydrogen (secondary N) is 3. The minimum atomic E-state index is -4.19. The van der Waals surface area contributed by atoms with Crippen LogP contribution in [0.1, 0.15) is 40.0 Å². The highest BCUT2D eigenvalue weighted by molar-refractivity contribution is 6.06. The minimum Gasteiger partial charge on any atom is -0.357 e. The van der Waals surface area contributed by atoms with Gasteiger partial charge in [0.05, 0.1) is 6.54 Å². The fourth-order valence-corrected chi connectivity index (χ4v) is 3.47. The molecule has 0 bridgehead atoms. The predicted molar refractivity (Wildman–Crippen MR) is 104 cm³/mol. The number of hydrogen-bond donors (Lipinski definition) is 3. The topological polar surface area (TPSA) is 89.1 Å². The summed E-state index contributed by atoms with van der Waals surface area (Å²) < 4.78 is 37.6.